The van der Waals surface area contributed by atoms with E-state index in [1.54, 1.807) is 38.6 Å². The summed E-state index contributed by atoms with van der Waals surface area (Å²) in [5.74, 6) is -2.53. The minimum atomic E-state index is -1.01. The summed E-state index contributed by atoms with van der Waals surface area (Å²) in [4.78, 5) is 25.1. The Morgan fingerprint density at radius 3 is 2.46 bits per heavy atom. The fourth-order valence-electron chi connectivity index (χ4n) is 4.60. The van der Waals surface area contributed by atoms with Crippen molar-refractivity contribution in [3.05, 3.63) is 64.9 Å². The van der Waals surface area contributed by atoms with E-state index in [-0.39, 0.29) is 24.6 Å². The molecule has 39 heavy (non-hydrogen) atoms. The van der Waals surface area contributed by atoms with Crippen LogP contribution in [0.1, 0.15) is 42.6 Å². The summed E-state index contributed by atoms with van der Waals surface area (Å²) >= 11 is 0. The number of hydrogen-bond donors (Lipinski definition) is 1. The molecule has 5 rings (SSSR count). The van der Waals surface area contributed by atoms with Crippen LogP contribution < -0.4 is 25.0 Å². The maximum atomic E-state index is 15.5. The smallest absolute Gasteiger partial charge is 0.329 e. The number of amides is 2. The average molecular weight is 538 g/mol. The number of halogens is 2. The molecule has 2 N–H and O–H groups in total. The van der Waals surface area contributed by atoms with Gasteiger partial charge in [-0.2, -0.15) is 5.10 Å². The summed E-state index contributed by atoms with van der Waals surface area (Å²) < 4.78 is 43.0. The molecule has 2 amide bonds. The SMILES string of the molecule is CN=CC(=C(C)N)c1cc2c(cn1)CN(c1c(F)c(OC)cc(OC)c1F)C(=O)N2Cc1cnn(C2CC2)c1. The number of nitrogens with zero attached hydrogens (tertiary/aromatic N) is 6. The van der Waals surface area contributed by atoms with Crippen molar-refractivity contribution in [3.8, 4) is 11.5 Å². The number of methoxy groups -OCH3 is 2. The number of carbonyl (C=O) groups is 1. The predicted octanol–water partition coefficient (Wildman–Crippen LogP) is 4.45. The largest absolute Gasteiger partial charge is 0.493 e. The molecular formula is C27H29F2N7O3. The zero-order valence-electron chi connectivity index (χ0n) is 22.1. The Balaban J connectivity index is 1.64. The van der Waals surface area contributed by atoms with Gasteiger partial charge < -0.3 is 15.2 Å². The average Bonchev–Trinajstić information content (AvgIpc) is 3.67. The number of hydrogen-bond acceptors (Lipinski definition) is 7. The Labute approximate surface area is 224 Å². The minimum absolute atomic E-state index is 0.116. The lowest BCUT2D eigenvalue weighted by Gasteiger charge is -2.37. The van der Waals surface area contributed by atoms with Crippen molar-refractivity contribution in [2.24, 2.45) is 10.7 Å². The number of aliphatic imine (C=N–C) groups is 1. The first-order valence-corrected chi connectivity index (χ1v) is 12.4. The molecule has 0 atom stereocenters. The van der Waals surface area contributed by atoms with E-state index < -0.39 is 23.4 Å². The van der Waals surface area contributed by atoms with Crippen molar-refractivity contribution < 1.29 is 23.0 Å². The van der Waals surface area contributed by atoms with Crippen LogP contribution in [-0.4, -0.2) is 48.3 Å². The maximum Gasteiger partial charge on any atom is 0.329 e. The van der Waals surface area contributed by atoms with E-state index in [1.807, 2.05) is 10.9 Å². The van der Waals surface area contributed by atoms with Crippen molar-refractivity contribution in [2.45, 2.75) is 38.9 Å². The van der Waals surface area contributed by atoms with Gasteiger partial charge in [-0.1, -0.05) is 0 Å². The van der Waals surface area contributed by atoms with Gasteiger partial charge in [0.15, 0.2) is 23.1 Å². The molecule has 12 heteroatoms. The number of nitrogens with two attached hydrogens (primary N) is 1. The molecule has 0 unspecified atom stereocenters. The second kappa shape index (κ2) is 10.4. The van der Waals surface area contributed by atoms with Gasteiger partial charge in [-0.15, -0.1) is 0 Å². The monoisotopic (exact) mass is 537 g/mol. The van der Waals surface area contributed by atoms with E-state index in [2.05, 4.69) is 15.1 Å². The summed E-state index contributed by atoms with van der Waals surface area (Å²) in [5.41, 5.74) is 9.02. The molecule has 1 aliphatic carbocycles. The van der Waals surface area contributed by atoms with Crippen molar-refractivity contribution in [1.82, 2.24) is 14.8 Å². The molecule has 204 valence electrons. The zero-order chi connectivity index (χ0) is 27.8. The summed E-state index contributed by atoms with van der Waals surface area (Å²) in [6.07, 6.45) is 8.86. The summed E-state index contributed by atoms with van der Waals surface area (Å²) in [7, 11) is 4.14. The first kappa shape index (κ1) is 26.1. The van der Waals surface area contributed by atoms with Gasteiger partial charge in [0.05, 0.1) is 50.9 Å². The quantitative estimate of drug-likeness (QED) is 0.425. The van der Waals surface area contributed by atoms with Gasteiger partial charge in [0, 0.05) is 54.1 Å². The number of aromatic nitrogens is 3. The van der Waals surface area contributed by atoms with Crippen LogP contribution in [0.15, 0.2) is 41.4 Å². The van der Waals surface area contributed by atoms with E-state index in [9.17, 15) is 4.79 Å². The van der Waals surface area contributed by atoms with Gasteiger partial charge in [-0.25, -0.2) is 13.6 Å². The predicted molar refractivity (Wildman–Crippen MR) is 143 cm³/mol. The summed E-state index contributed by atoms with van der Waals surface area (Å²) in [5, 5.41) is 4.43. The van der Waals surface area contributed by atoms with Gasteiger partial charge in [-0.3, -0.25) is 24.5 Å². The molecule has 1 aliphatic heterocycles. The van der Waals surface area contributed by atoms with Crippen LogP contribution in [0, 0.1) is 11.6 Å². The minimum Gasteiger partial charge on any atom is -0.493 e. The Hall–Kier alpha value is -4.48. The van der Waals surface area contributed by atoms with Gasteiger partial charge >= 0.3 is 6.03 Å². The Bertz CT molecular complexity index is 1460. The fourth-order valence-corrected chi connectivity index (χ4v) is 4.60. The van der Waals surface area contributed by atoms with Crippen LogP contribution in [0.4, 0.5) is 25.0 Å². The van der Waals surface area contributed by atoms with Crippen LogP contribution in [0.5, 0.6) is 11.5 Å². The van der Waals surface area contributed by atoms with E-state index >= 15 is 8.78 Å². The molecule has 3 heterocycles. The highest BCUT2D eigenvalue weighted by Crippen LogP contribution is 2.41. The molecule has 0 saturated heterocycles. The number of fused-ring (bicyclic) bond motifs is 1. The summed E-state index contributed by atoms with van der Waals surface area (Å²) in [6, 6.07) is 2.57. The molecule has 2 aliphatic rings. The molecule has 2 aromatic heterocycles. The normalized spacial score (nSPS) is 16.0. The highest BCUT2D eigenvalue weighted by molar-refractivity contribution is 6.11. The number of rotatable bonds is 8. The molecule has 3 aromatic rings. The third kappa shape index (κ3) is 4.77. The Morgan fingerprint density at radius 2 is 1.87 bits per heavy atom. The van der Waals surface area contributed by atoms with Crippen molar-refractivity contribution >= 4 is 29.2 Å². The molecular weight excluding hydrogens is 508 g/mol. The molecule has 0 bridgehead atoms. The van der Waals surface area contributed by atoms with Gasteiger partial charge in [-0.05, 0) is 25.8 Å². The molecule has 1 fully saturated rings. The number of ether oxygens (including phenoxy) is 2. The van der Waals surface area contributed by atoms with E-state index in [0.717, 1.165) is 29.4 Å². The molecule has 0 radical (unpaired) electrons. The van der Waals surface area contributed by atoms with Gasteiger partial charge in [0.2, 0.25) is 0 Å². The zero-order valence-corrected chi connectivity index (χ0v) is 22.1. The first-order valence-electron chi connectivity index (χ1n) is 12.4. The number of carbonyl (C=O) groups excluding carboxylic acids is 1. The number of pyridine rings is 1. The number of anilines is 2. The lowest BCUT2D eigenvalue weighted by molar-refractivity contribution is 0.249. The number of urea groups is 1. The lowest BCUT2D eigenvalue weighted by Crippen LogP contribution is -2.47. The van der Waals surface area contributed by atoms with Crippen LogP contribution in [0.25, 0.3) is 5.57 Å². The Kier molecular flexibility index (Phi) is 6.94. The first-order chi connectivity index (χ1) is 18.8. The molecule has 1 aromatic carbocycles. The van der Waals surface area contributed by atoms with Gasteiger partial charge in [0.1, 0.15) is 5.69 Å². The fraction of sp³-hybridized carbons (Fsp3) is 0.333. The van der Waals surface area contributed by atoms with Crippen LogP contribution >= 0.6 is 0 Å². The number of benzene rings is 1. The van der Waals surface area contributed by atoms with E-state index in [0.29, 0.717) is 34.3 Å². The summed E-state index contributed by atoms with van der Waals surface area (Å²) in [6.45, 7) is 1.72. The van der Waals surface area contributed by atoms with Crippen LogP contribution in [-0.2, 0) is 13.1 Å². The molecule has 1 saturated carbocycles. The third-order valence-electron chi connectivity index (χ3n) is 6.74. The maximum absolute atomic E-state index is 15.5. The van der Waals surface area contributed by atoms with Crippen molar-refractivity contribution in [3.63, 3.8) is 0 Å². The van der Waals surface area contributed by atoms with Crippen LogP contribution in [0.3, 0.4) is 0 Å². The second-order valence-electron chi connectivity index (χ2n) is 9.45. The highest BCUT2D eigenvalue weighted by atomic mass is 19.1. The highest BCUT2D eigenvalue weighted by Gasteiger charge is 2.37. The molecule has 0 spiro atoms. The van der Waals surface area contributed by atoms with Crippen LogP contribution in [0.2, 0.25) is 0 Å². The van der Waals surface area contributed by atoms with Crippen molar-refractivity contribution in [2.75, 3.05) is 31.1 Å². The number of allylic oxidation sites excluding steroid dienone is 2. The second-order valence-corrected chi connectivity index (χ2v) is 9.45. The standard InChI is InChI=1S/C27H29F2N7O3/c1-15(30)19(11-31-2)20-7-21-17(10-32-20)14-35(26-24(28)22(38-3)8-23(39-4)25(26)29)27(37)34(21)12-16-9-33-36(13-16)18-5-6-18/h7-11,13,18H,5-6,12,14,30H2,1-4H3. The van der Waals surface area contributed by atoms with E-state index in [1.165, 1.54) is 19.1 Å². The van der Waals surface area contributed by atoms with Gasteiger partial charge in [0.25, 0.3) is 0 Å². The lowest BCUT2D eigenvalue weighted by atomic mass is 10.0. The topological polar surface area (TPSA) is 111 Å². The molecule has 10 nitrogen and oxygen atoms in total. The van der Waals surface area contributed by atoms with E-state index in [4.69, 9.17) is 15.2 Å². The third-order valence-corrected chi connectivity index (χ3v) is 6.74. The van der Waals surface area contributed by atoms with Crippen molar-refractivity contribution in [1.29, 1.82) is 0 Å². The Morgan fingerprint density at radius 1 is 1.18 bits per heavy atom.